The molecule has 0 amide bonds. The van der Waals surface area contributed by atoms with Crippen molar-refractivity contribution in [2.24, 2.45) is 0 Å². The number of carbonyl (C=O) groups excluding carboxylic acids is 1. The Labute approximate surface area is 216 Å². The Bertz CT molecular complexity index is 1380. The lowest BCUT2D eigenvalue weighted by atomic mass is 10.1. The molecule has 0 radical (unpaired) electrons. The summed E-state index contributed by atoms with van der Waals surface area (Å²) in [4.78, 5) is 12.7. The number of fused-ring (bicyclic) bond motifs is 1. The largest absolute Gasteiger partial charge is 0.513 e. The molecule has 0 aliphatic carbocycles. The summed E-state index contributed by atoms with van der Waals surface area (Å²) < 4.78 is 31.7. The Hall–Kier alpha value is -2.83. The quantitative estimate of drug-likeness (QED) is 0.164. The van der Waals surface area contributed by atoms with Gasteiger partial charge in [-0.1, -0.05) is 78.3 Å². The first kappa shape index (κ1) is 25.3. The van der Waals surface area contributed by atoms with Gasteiger partial charge in [0.05, 0.1) is 4.47 Å². The van der Waals surface area contributed by atoms with Crippen molar-refractivity contribution >= 4 is 52.0 Å². The van der Waals surface area contributed by atoms with Crippen LogP contribution >= 0.6 is 35.3 Å². The Morgan fingerprint density at radius 3 is 2.40 bits per heavy atom. The summed E-state index contributed by atoms with van der Waals surface area (Å²) in [6, 6.07) is 26.0. The smallest absolute Gasteiger partial charge is 0.460 e. The van der Waals surface area contributed by atoms with Crippen LogP contribution in [0.1, 0.15) is 12.5 Å². The minimum atomic E-state index is -4.14. The highest BCUT2D eigenvalue weighted by Gasteiger charge is 2.35. The van der Waals surface area contributed by atoms with Crippen molar-refractivity contribution in [1.29, 1.82) is 0 Å². The molecule has 0 fully saturated rings. The molecule has 4 rings (SSSR count). The Morgan fingerprint density at radius 1 is 0.943 bits per heavy atom. The highest BCUT2D eigenvalue weighted by atomic mass is 79.9. The molecule has 4 aromatic rings. The van der Waals surface area contributed by atoms with E-state index in [4.69, 9.17) is 25.4 Å². The van der Waals surface area contributed by atoms with Crippen LogP contribution in [0.15, 0.2) is 95.5 Å². The summed E-state index contributed by atoms with van der Waals surface area (Å²) >= 11 is 9.40. The van der Waals surface area contributed by atoms with Gasteiger partial charge in [0.1, 0.15) is 24.1 Å². The zero-order valence-electron chi connectivity index (χ0n) is 18.7. The van der Waals surface area contributed by atoms with Crippen molar-refractivity contribution in [3.63, 3.8) is 0 Å². The fraction of sp³-hybridized carbons (Fsp3) is 0.115. The average Bonchev–Trinajstić information content (AvgIpc) is 2.85. The number of hydrogen-bond donors (Lipinski definition) is 1. The van der Waals surface area contributed by atoms with Gasteiger partial charge in [0.15, 0.2) is 0 Å². The second kappa shape index (κ2) is 11.3. The summed E-state index contributed by atoms with van der Waals surface area (Å²) in [7, 11) is -4.14. The number of benzene rings is 4. The van der Waals surface area contributed by atoms with Gasteiger partial charge in [-0.25, -0.2) is 4.57 Å². The van der Waals surface area contributed by atoms with Crippen LogP contribution in [0.4, 0.5) is 0 Å². The van der Waals surface area contributed by atoms with Gasteiger partial charge < -0.3 is 13.8 Å². The van der Waals surface area contributed by atoms with Gasteiger partial charge in [-0.3, -0.25) is 4.79 Å². The number of rotatable bonds is 9. The number of ether oxygens (including phenoxy) is 1. The zero-order valence-corrected chi connectivity index (χ0v) is 21.9. The molecule has 1 N–H and O–H groups in total. The molecule has 180 valence electrons. The Morgan fingerprint density at radius 2 is 1.63 bits per heavy atom. The van der Waals surface area contributed by atoms with E-state index in [1.54, 1.807) is 30.3 Å². The molecule has 0 aliphatic rings. The fourth-order valence-electron chi connectivity index (χ4n) is 3.30. The van der Waals surface area contributed by atoms with Gasteiger partial charge in [-0.05, 0) is 58.1 Å². The molecule has 0 aromatic heterocycles. The van der Waals surface area contributed by atoms with Crippen molar-refractivity contribution < 1.29 is 23.1 Å². The van der Waals surface area contributed by atoms with Crippen LogP contribution in [-0.2, 0) is 20.7 Å². The van der Waals surface area contributed by atoms with Crippen LogP contribution in [0.2, 0.25) is 5.02 Å². The molecule has 0 spiro atoms. The fourth-order valence-corrected chi connectivity index (χ4v) is 5.75. The predicted octanol–water partition coefficient (Wildman–Crippen LogP) is 7.54. The number of halogens is 2. The van der Waals surface area contributed by atoms with Crippen LogP contribution in [0.5, 0.6) is 11.5 Å². The summed E-state index contributed by atoms with van der Waals surface area (Å²) in [6.07, 6.45) is 0. The topological polar surface area (TPSA) is 73.9 Å². The van der Waals surface area contributed by atoms with Crippen molar-refractivity contribution in [2.75, 3.05) is 0 Å². The van der Waals surface area contributed by atoms with Gasteiger partial charge in [-0.2, -0.15) is 5.09 Å². The maximum absolute atomic E-state index is 14.0. The highest BCUT2D eigenvalue weighted by Crippen LogP contribution is 2.48. The molecule has 0 bridgehead atoms. The van der Waals surface area contributed by atoms with Crippen molar-refractivity contribution in [2.45, 2.75) is 19.6 Å². The van der Waals surface area contributed by atoms with Crippen LogP contribution in [0, 0.1) is 0 Å². The number of carbonyl (C=O) groups is 1. The lowest BCUT2D eigenvalue weighted by molar-refractivity contribution is -0.146. The Kier molecular flexibility index (Phi) is 8.14. The highest BCUT2D eigenvalue weighted by molar-refractivity contribution is 9.10. The predicted molar refractivity (Wildman–Crippen MR) is 141 cm³/mol. The van der Waals surface area contributed by atoms with Crippen molar-refractivity contribution in [3.8, 4) is 11.5 Å². The normalized spacial score (nSPS) is 13.6. The van der Waals surface area contributed by atoms with Gasteiger partial charge in [0.25, 0.3) is 0 Å². The van der Waals surface area contributed by atoms with E-state index in [-0.39, 0.29) is 12.4 Å². The number of nitrogens with one attached hydrogen (secondary N) is 1. The molecular formula is C26H22BrClNO5P. The van der Waals surface area contributed by atoms with Crippen molar-refractivity contribution in [1.82, 2.24) is 5.09 Å². The van der Waals surface area contributed by atoms with E-state index in [9.17, 15) is 9.36 Å². The maximum atomic E-state index is 14.0. The summed E-state index contributed by atoms with van der Waals surface area (Å²) in [5.41, 5.74) is 0.838. The minimum absolute atomic E-state index is 0.0871. The second-order valence-electron chi connectivity index (χ2n) is 7.68. The van der Waals surface area contributed by atoms with Gasteiger partial charge in [-0.15, -0.1) is 0 Å². The van der Waals surface area contributed by atoms with Crippen LogP contribution in [-0.4, -0.2) is 12.0 Å². The van der Waals surface area contributed by atoms with Crippen molar-refractivity contribution in [3.05, 3.63) is 106 Å². The molecule has 6 nitrogen and oxygen atoms in total. The molecule has 0 saturated carbocycles. The van der Waals surface area contributed by atoms with Crippen LogP contribution in [0.25, 0.3) is 10.8 Å². The lowest BCUT2D eigenvalue weighted by Gasteiger charge is -2.24. The average molecular weight is 575 g/mol. The zero-order chi connectivity index (χ0) is 24.8. The Balaban J connectivity index is 1.59. The van der Waals surface area contributed by atoms with E-state index >= 15 is 0 Å². The van der Waals surface area contributed by atoms with E-state index in [1.807, 2.05) is 60.7 Å². The molecule has 1 unspecified atom stereocenters. The SMILES string of the molecule is C[C@H](NP(=O)(Oc1ccc(Cl)cc1Br)Oc1cccc2ccccc12)C(=O)OCc1ccccc1. The second-order valence-corrected chi connectivity index (χ2v) is 10.6. The molecule has 35 heavy (non-hydrogen) atoms. The first-order valence-electron chi connectivity index (χ1n) is 10.7. The molecule has 0 heterocycles. The van der Waals surface area contributed by atoms with Gasteiger partial charge in [0.2, 0.25) is 0 Å². The third-order valence-electron chi connectivity index (χ3n) is 5.01. The summed E-state index contributed by atoms with van der Waals surface area (Å²) in [5, 5.41) is 4.84. The molecule has 0 aliphatic heterocycles. The monoisotopic (exact) mass is 573 g/mol. The maximum Gasteiger partial charge on any atom is 0.513 e. The number of esters is 1. The standard InChI is InChI=1S/C26H22BrClNO5P/c1-18(26(30)32-17-19-8-3-2-4-9-19)29-35(31,34-25-15-14-21(28)16-23(25)27)33-24-13-7-11-20-10-5-6-12-22(20)24/h2-16,18H,17H2,1H3,(H,29,31)/t18-,35?/m0/s1. The number of hydrogen-bond acceptors (Lipinski definition) is 5. The first-order valence-corrected chi connectivity index (χ1v) is 13.4. The van der Waals surface area contributed by atoms with Crippen LogP contribution in [0.3, 0.4) is 0 Å². The molecular weight excluding hydrogens is 553 g/mol. The van der Waals surface area contributed by atoms with E-state index in [0.717, 1.165) is 16.3 Å². The molecule has 0 saturated heterocycles. The van der Waals surface area contributed by atoms with E-state index < -0.39 is 19.8 Å². The summed E-state index contributed by atoms with van der Waals surface area (Å²) in [5.74, 6) is -0.0291. The third-order valence-corrected chi connectivity index (χ3v) is 7.44. The van der Waals surface area contributed by atoms with Gasteiger partial charge >= 0.3 is 13.7 Å². The van der Waals surface area contributed by atoms with Gasteiger partial charge in [0, 0.05) is 10.4 Å². The molecule has 2 atom stereocenters. The molecule has 9 heteroatoms. The van der Waals surface area contributed by atoms with Crippen LogP contribution < -0.4 is 14.1 Å². The van der Waals surface area contributed by atoms with E-state index in [2.05, 4.69) is 21.0 Å². The summed E-state index contributed by atoms with van der Waals surface area (Å²) in [6.45, 7) is 1.62. The van der Waals surface area contributed by atoms with E-state index in [1.165, 1.54) is 6.92 Å². The van der Waals surface area contributed by atoms with E-state index in [0.29, 0.717) is 15.2 Å². The third kappa shape index (κ3) is 6.65. The molecule has 4 aromatic carbocycles. The lowest BCUT2D eigenvalue weighted by Crippen LogP contribution is -2.35. The first-order chi connectivity index (χ1) is 16.8. The minimum Gasteiger partial charge on any atom is -0.460 e.